The molecule has 1 heterocycles. The van der Waals surface area contributed by atoms with Crippen molar-refractivity contribution in [3.63, 3.8) is 0 Å². The number of ether oxygens (including phenoxy) is 2. The maximum absolute atomic E-state index is 12.8. The molecule has 2 fully saturated rings. The maximum Gasteiger partial charge on any atom is 0.228 e. The molecule has 0 unspecified atom stereocenters. The lowest BCUT2D eigenvalue weighted by Crippen LogP contribution is -2.66. The average Bonchev–Trinajstić information content (AvgIpc) is 2.55. The highest BCUT2D eigenvalue weighted by Crippen LogP contribution is 2.49. The minimum atomic E-state index is -0.665. The summed E-state index contributed by atoms with van der Waals surface area (Å²) in [6.45, 7) is 8.07. The number of hydrogen-bond donors (Lipinski definition) is 2. The second-order valence-electron chi connectivity index (χ2n) is 6.70. The summed E-state index contributed by atoms with van der Waals surface area (Å²) in [4.78, 5) is 12.8. The van der Waals surface area contributed by atoms with Crippen molar-refractivity contribution in [2.75, 3.05) is 26.4 Å². The Bertz CT molecular complexity index is 375. The fourth-order valence-electron chi connectivity index (χ4n) is 4.11. The van der Waals surface area contributed by atoms with Gasteiger partial charge in [0.2, 0.25) is 5.91 Å². The van der Waals surface area contributed by atoms with Crippen molar-refractivity contribution < 1.29 is 19.4 Å². The summed E-state index contributed by atoms with van der Waals surface area (Å²) in [6, 6.07) is 0.151. The molecule has 1 amide bonds. The Morgan fingerprint density at radius 3 is 2.41 bits per heavy atom. The molecule has 5 nitrogen and oxygen atoms in total. The van der Waals surface area contributed by atoms with Crippen LogP contribution in [0.15, 0.2) is 0 Å². The van der Waals surface area contributed by atoms with E-state index in [9.17, 15) is 9.90 Å². The zero-order chi connectivity index (χ0) is 16.2. The molecule has 2 atom stereocenters. The molecular weight excluding hydrogens is 282 g/mol. The molecule has 0 aromatic carbocycles. The molecule has 0 bridgehead atoms. The zero-order valence-electron chi connectivity index (χ0n) is 14.2. The van der Waals surface area contributed by atoms with Crippen LogP contribution in [0.2, 0.25) is 0 Å². The van der Waals surface area contributed by atoms with E-state index in [1.54, 1.807) is 0 Å². The van der Waals surface area contributed by atoms with E-state index in [0.29, 0.717) is 32.7 Å². The number of rotatable bonds is 7. The van der Waals surface area contributed by atoms with Gasteiger partial charge in [0, 0.05) is 31.3 Å². The third kappa shape index (κ3) is 2.91. The topological polar surface area (TPSA) is 67.8 Å². The molecule has 2 aliphatic rings. The minimum absolute atomic E-state index is 0.00970. The summed E-state index contributed by atoms with van der Waals surface area (Å²) in [7, 11) is 0. The number of carbonyl (C=O) groups excluding carboxylic acids is 1. The molecule has 5 heteroatoms. The molecule has 22 heavy (non-hydrogen) atoms. The van der Waals surface area contributed by atoms with Gasteiger partial charge in [-0.05, 0) is 39.0 Å². The molecule has 1 aliphatic heterocycles. The summed E-state index contributed by atoms with van der Waals surface area (Å²) in [5.41, 5.74) is -0.629. The van der Waals surface area contributed by atoms with Gasteiger partial charge >= 0.3 is 0 Å². The summed E-state index contributed by atoms with van der Waals surface area (Å²) in [5, 5.41) is 13.0. The lowest BCUT2D eigenvalue weighted by molar-refractivity contribution is -0.159. The molecule has 0 spiro atoms. The highest BCUT2D eigenvalue weighted by Gasteiger charge is 2.55. The standard InChI is InChI=1S/C17H31NO4/c1-4-17(5-2)13(11-14(17)22-6-3)18-15(20)16(12-19)7-9-21-10-8-16/h13-14,19H,4-12H2,1-3H3,(H,18,20)/t13-,14-/m1/s1. The first-order valence-corrected chi connectivity index (χ1v) is 8.69. The third-order valence-corrected chi connectivity index (χ3v) is 6.01. The Hall–Kier alpha value is -0.650. The van der Waals surface area contributed by atoms with Gasteiger partial charge in [-0.3, -0.25) is 4.79 Å². The van der Waals surface area contributed by atoms with Crippen LogP contribution in [-0.2, 0) is 14.3 Å². The van der Waals surface area contributed by atoms with Gasteiger partial charge in [0.05, 0.1) is 18.1 Å². The molecule has 0 radical (unpaired) electrons. The van der Waals surface area contributed by atoms with Crippen molar-refractivity contribution in [2.45, 2.75) is 65.0 Å². The molecule has 128 valence electrons. The van der Waals surface area contributed by atoms with Gasteiger partial charge < -0.3 is 19.9 Å². The Labute approximate surface area is 133 Å². The first-order chi connectivity index (χ1) is 10.6. The van der Waals surface area contributed by atoms with Gasteiger partial charge in [-0.2, -0.15) is 0 Å². The van der Waals surface area contributed by atoms with Gasteiger partial charge in [-0.1, -0.05) is 13.8 Å². The summed E-state index contributed by atoms with van der Waals surface area (Å²) < 4.78 is 11.2. The normalized spacial score (nSPS) is 29.6. The smallest absolute Gasteiger partial charge is 0.228 e. The van der Waals surface area contributed by atoms with Crippen LogP contribution < -0.4 is 5.32 Å². The van der Waals surface area contributed by atoms with Crippen LogP contribution in [0.5, 0.6) is 0 Å². The fraction of sp³-hybridized carbons (Fsp3) is 0.941. The van der Waals surface area contributed by atoms with E-state index in [1.165, 1.54) is 0 Å². The molecule has 1 saturated heterocycles. The number of nitrogens with one attached hydrogen (secondary N) is 1. The largest absolute Gasteiger partial charge is 0.395 e. The van der Waals surface area contributed by atoms with E-state index in [-0.39, 0.29) is 30.1 Å². The van der Waals surface area contributed by atoms with Crippen molar-refractivity contribution in [2.24, 2.45) is 10.8 Å². The van der Waals surface area contributed by atoms with Crippen LogP contribution in [0.3, 0.4) is 0 Å². The number of aliphatic hydroxyl groups is 1. The van der Waals surface area contributed by atoms with Crippen molar-refractivity contribution in [1.29, 1.82) is 0 Å². The predicted octanol–water partition coefficient (Wildman–Crippen LogP) is 1.88. The highest BCUT2D eigenvalue weighted by atomic mass is 16.5. The van der Waals surface area contributed by atoms with Crippen molar-refractivity contribution >= 4 is 5.91 Å². The minimum Gasteiger partial charge on any atom is -0.395 e. The Morgan fingerprint density at radius 1 is 1.27 bits per heavy atom. The van der Waals surface area contributed by atoms with Gasteiger partial charge in [-0.15, -0.1) is 0 Å². The van der Waals surface area contributed by atoms with Crippen molar-refractivity contribution in [1.82, 2.24) is 5.32 Å². The molecule has 0 aromatic rings. The van der Waals surface area contributed by atoms with Crippen molar-refractivity contribution in [3.05, 3.63) is 0 Å². The Kier molecular flexibility index (Phi) is 5.86. The highest BCUT2D eigenvalue weighted by molar-refractivity contribution is 5.83. The van der Waals surface area contributed by atoms with E-state index >= 15 is 0 Å². The predicted molar refractivity (Wildman–Crippen MR) is 84.5 cm³/mol. The SMILES string of the molecule is CCO[C@@H]1C[C@@H](NC(=O)C2(CO)CCOCC2)C1(CC)CC. The number of hydrogen-bond acceptors (Lipinski definition) is 4. The molecule has 1 aliphatic carbocycles. The van der Waals surface area contributed by atoms with Crippen LogP contribution in [0, 0.1) is 10.8 Å². The van der Waals surface area contributed by atoms with Crippen LogP contribution in [0.4, 0.5) is 0 Å². The molecular formula is C17H31NO4. The van der Waals surface area contributed by atoms with Crippen LogP contribution in [0.1, 0.15) is 52.9 Å². The lowest BCUT2D eigenvalue weighted by Gasteiger charge is -2.56. The van der Waals surface area contributed by atoms with E-state index in [1.807, 2.05) is 6.92 Å². The monoisotopic (exact) mass is 313 g/mol. The van der Waals surface area contributed by atoms with Gasteiger partial charge in [-0.25, -0.2) is 0 Å². The molecule has 1 saturated carbocycles. The maximum atomic E-state index is 12.8. The Balaban J connectivity index is 2.04. The van der Waals surface area contributed by atoms with Crippen LogP contribution in [-0.4, -0.2) is 49.6 Å². The van der Waals surface area contributed by atoms with Gasteiger partial charge in [0.15, 0.2) is 0 Å². The van der Waals surface area contributed by atoms with E-state index in [0.717, 1.165) is 19.3 Å². The van der Waals surface area contributed by atoms with Crippen molar-refractivity contribution in [3.8, 4) is 0 Å². The third-order valence-electron chi connectivity index (χ3n) is 6.01. The number of carbonyl (C=O) groups is 1. The summed E-state index contributed by atoms with van der Waals surface area (Å²) in [5.74, 6) is -0.00970. The van der Waals surface area contributed by atoms with Crippen LogP contribution in [0.25, 0.3) is 0 Å². The second kappa shape index (κ2) is 7.28. The first kappa shape index (κ1) is 17.7. The molecule has 2 rings (SSSR count). The zero-order valence-corrected chi connectivity index (χ0v) is 14.2. The number of aliphatic hydroxyl groups excluding tert-OH is 1. The van der Waals surface area contributed by atoms with E-state index < -0.39 is 5.41 Å². The summed E-state index contributed by atoms with van der Waals surface area (Å²) in [6.07, 6.45) is 4.30. The fourth-order valence-corrected chi connectivity index (χ4v) is 4.11. The van der Waals surface area contributed by atoms with E-state index in [2.05, 4.69) is 19.2 Å². The molecule has 2 N–H and O–H groups in total. The quantitative estimate of drug-likeness (QED) is 0.753. The second-order valence-corrected chi connectivity index (χ2v) is 6.70. The lowest BCUT2D eigenvalue weighted by atomic mass is 9.58. The summed E-state index contributed by atoms with van der Waals surface area (Å²) >= 11 is 0. The first-order valence-electron chi connectivity index (χ1n) is 8.69. The Morgan fingerprint density at radius 2 is 1.91 bits per heavy atom. The average molecular weight is 313 g/mol. The number of amides is 1. The van der Waals surface area contributed by atoms with Gasteiger partial charge in [0.1, 0.15) is 0 Å². The molecule has 0 aromatic heterocycles. The van der Waals surface area contributed by atoms with E-state index in [4.69, 9.17) is 9.47 Å². The van der Waals surface area contributed by atoms with Crippen LogP contribution >= 0.6 is 0 Å². The van der Waals surface area contributed by atoms with Gasteiger partial charge in [0.25, 0.3) is 0 Å².